The third-order valence-corrected chi connectivity index (χ3v) is 4.27. The molecule has 0 spiro atoms. The molecule has 0 aliphatic heterocycles. The van der Waals surface area contributed by atoms with Crippen LogP contribution in [0.2, 0.25) is 0 Å². The Bertz CT molecular complexity index is 641. The summed E-state index contributed by atoms with van der Waals surface area (Å²) in [5.41, 5.74) is -0.377. The molecule has 0 saturated heterocycles. The first kappa shape index (κ1) is 15.2. The number of benzene rings is 1. The molecular weight excluding hydrogens is 262 g/mol. The first-order chi connectivity index (χ1) is 8.86. The summed E-state index contributed by atoms with van der Waals surface area (Å²) >= 11 is 0. The van der Waals surface area contributed by atoms with Crippen molar-refractivity contribution in [1.29, 1.82) is 10.5 Å². The highest BCUT2D eigenvalue weighted by Gasteiger charge is 2.28. The van der Waals surface area contributed by atoms with Gasteiger partial charge in [0.15, 0.2) is 0 Å². The van der Waals surface area contributed by atoms with Crippen molar-refractivity contribution in [2.45, 2.75) is 31.6 Å². The average Bonchev–Trinajstić information content (AvgIpc) is 2.38. The molecule has 100 valence electrons. The average molecular weight is 277 g/mol. The number of rotatable bonds is 5. The van der Waals surface area contributed by atoms with E-state index in [1.54, 1.807) is 31.2 Å². The molecule has 1 unspecified atom stereocenters. The first-order valence-corrected chi connectivity index (χ1v) is 7.42. The zero-order chi connectivity index (χ0) is 14.5. The van der Waals surface area contributed by atoms with Gasteiger partial charge in [-0.25, -0.2) is 8.42 Å². The van der Waals surface area contributed by atoms with Gasteiger partial charge in [0.25, 0.3) is 0 Å². The molecule has 0 bridgehead atoms. The molecule has 1 aromatic carbocycles. The van der Waals surface area contributed by atoms with Gasteiger partial charge in [-0.05, 0) is 25.0 Å². The van der Waals surface area contributed by atoms with Gasteiger partial charge in [0.2, 0.25) is 10.0 Å². The highest BCUT2D eigenvalue weighted by Crippen LogP contribution is 2.15. The maximum atomic E-state index is 12.0. The maximum Gasteiger partial charge on any atom is 0.217 e. The second-order valence-electron chi connectivity index (χ2n) is 4.43. The topological polar surface area (TPSA) is 93.8 Å². The molecular formula is C13H15N3O2S. The molecule has 1 N–H and O–H groups in total. The zero-order valence-electron chi connectivity index (χ0n) is 10.8. The fourth-order valence-corrected chi connectivity index (χ4v) is 3.12. The van der Waals surface area contributed by atoms with Gasteiger partial charge in [0, 0.05) is 0 Å². The van der Waals surface area contributed by atoms with Gasteiger partial charge in [-0.1, -0.05) is 25.1 Å². The fraction of sp³-hybridized carbons (Fsp3) is 0.385. The van der Waals surface area contributed by atoms with Gasteiger partial charge in [-0.15, -0.1) is 0 Å². The summed E-state index contributed by atoms with van der Waals surface area (Å²) in [6.45, 7) is 3.26. The molecule has 0 amide bonds. The van der Waals surface area contributed by atoms with E-state index in [1.165, 1.54) is 6.92 Å². The Morgan fingerprint density at radius 2 is 1.95 bits per heavy atom. The van der Waals surface area contributed by atoms with Crippen molar-refractivity contribution >= 4 is 10.0 Å². The molecule has 0 fully saturated rings. The van der Waals surface area contributed by atoms with E-state index < -0.39 is 15.6 Å². The van der Waals surface area contributed by atoms with Gasteiger partial charge < -0.3 is 0 Å². The second-order valence-corrected chi connectivity index (χ2v) is 6.15. The van der Waals surface area contributed by atoms with Crippen molar-refractivity contribution in [3.8, 4) is 12.1 Å². The minimum atomic E-state index is -3.67. The summed E-state index contributed by atoms with van der Waals surface area (Å²) in [6.07, 6.45) is 0.364. The van der Waals surface area contributed by atoms with E-state index in [1.807, 2.05) is 12.1 Å². The lowest BCUT2D eigenvalue weighted by Crippen LogP contribution is -2.44. The Morgan fingerprint density at radius 1 is 1.32 bits per heavy atom. The predicted octanol–water partition coefficient (Wildman–Crippen LogP) is 1.67. The van der Waals surface area contributed by atoms with Crippen LogP contribution in [0.15, 0.2) is 24.3 Å². The van der Waals surface area contributed by atoms with Crippen molar-refractivity contribution in [2.24, 2.45) is 0 Å². The van der Waals surface area contributed by atoms with Crippen molar-refractivity contribution < 1.29 is 8.42 Å². The number of nitrogens with zero attached hydrogens (tertiary/aromatic N) is 2. The van der Waals surface area contributed by atoms with Gasteiger partial charge in [0.1, 0.15) is 5.54 Å². The van der Waals surface area contributed by atoms with Crippen molar-refractivity contribution in [3.63, 3.8) is 0 Å². The SMILES string of the molecule is CCC(C)(C#N)NS(=O)(=O)Cc1ccccc1C#N. The Kier molecular flexibility index (Phi) is 4.66. The Balaban J connectivity index is 2.99. The summed E-state index contributed by atoms with van der Waals surface area (Å²) in [5, 5.41) is 17.9. The molecule has 19 heavy (non-hydrogen) atoms. The minimum Gasteiger partial charge on any atom is -0.212 e. The lowest BCUT2D eigenvalue weighted by atomic mass is 10.0. The van der Waals surface area contributed by atoms with Gasteiger partial charge >= 0.3 is 0 Å². The summed E-state index contributed by atoms with van der Waals surface area (Å²) in [4.78, 5) is 0. The lowest BCUT2D eigenvalue weighted by Gasteiger charge is -2.21. The molecule has 0 radical (unpaired) electrons. The molecule has 1 atom stereocenters. The summed E-state index contributed by atoms with van der Waals surface area (Å²) in [7, 11) is -3.67. The molecule has 1 rings (SSSR count). The molecule has 0 heterocycles. The van der Waals surface area contributed by atoms with Gasteiger partial charge in [-0.3, -0.25) is 0 Å². The van der Waals surface area contributed by atoms with Crippen LogP contribution in [-0.4, -0.2) is 14.0 Å². The lowest BCUT2D eigenvalue weighted by molar-refractivity contribution is 0.494. The van der Waals surface area contributed by atoms with Crippen LogP contribution in [0.25, 0.3) is 0 Å². The van der Waals surface area contributed by atoms with E-state index in [2.05, 4.69) is 4.72 Å². The Morgan fingerprint density at radius 3 is 2.47 bits per heavy atom. The van der Waals surface area contributed by atoms with Crippen LogP contribution in [-0.2, 0) is 15.8 Å². The first-order valence-electron chi connectivity index (χ1n) is 5.76. The highest BCUT2D eigenvalue weighted by molar-refractivity contribution is 7.88. The van der Waals surface area contributed by atoms with Crippen LogP contribution >= 0.6 is 0 Å². The van der Waals surface area contributed by atoms with Crippen LogP contribution in [0, 0.1) is 22.7 Å². The summed E-state index contributed by atoms with van der Waals surface area (Å²) < 4.78 is 26.4. The third kappa shape index (κ3) is 4.06. The molecule has 1 aromatic rings. The van der Waals surface area contributed by atoms with Crippen LogP contribution in [0.4, 0.5) is 0 Å². The van der Waals surface area contributed by atoms with E-state index in [4.69, 9.17) is 10.5 Å². The van der Waals surface area contributed by atoms with E-state index in [9.17, 15) is 8.42 Å². The predicted molar refractivity (Wildman–Crippen MR) is 71.2 cm³/mol. The molecule has 5 nitrogen and oxygen atoms in total. The van der Waals surface area contributed by atoms with Crippen LogP contribution in [0.5, 0.6) is 0 Å². The van der Waals surface area contributed by atoms with Crippen molar-refractivity contribution in [2.75, 3.05) is 0 Å². The molecule has 0 aromatic heterocycles. The zero-order valence-corrected chi connectivity index (χ0v) is 11.7. The van der Waals surface area contributed by atoms with Gasteiger partial charge in [0.05, 0.1) is 23.5 Å². The van der Waals surface area contributed by atoms with E-state index in [0.29, 0.717) is 17.5 Å². The number of sulfonamides is 1. The number of hydrogen-bond donors (Lipinski definition) is 1. The van der Waals surface area contributed by atoms with E-state index >= 15 is 0 Å². The minimum absolute atomic E-state index is 0.312. The monoisotopic (exact) mass is 277 g/mol. The Labute approximate surface area is 113 Å². The Hall–Kier alpha value is -1.89. The van der Waals surface area contributed by atoms with Crippen LogP contribution in [0.1, 0.15) is 31.4 Å². The van der Waals surface area contributed by atoms with Crippen molar-refractivity contribution in [1.82, 2.24) is 4.72 Å². The highest BCUT2D eigenvalue weighted by atomic mass is 32.2. The van der Waals surface area contributed by atoms with E-state index in [-0.39, 0.29) is 5.75 Å². The smallest absolute Gasteiger partial charge is 0.212 e. The van der Waals surface area contributed by atoms with Crippen molar-refractivity contribution in [3.05, 3.63) is 35.4 Å². The third-order valence-electron chi connectivity index (χ3n) is 2.82. The second kappa shape index (κ2) is 5.83. The molecule has 0 aliphatic rings. The molecule has 0 saturated carbocycles. The van der Waals surface area contributed by atoms with Crippen LogP contribution in [0.3, 0.4) is 0 Å². The van der Waals surface area contributed by atoms with Gasteiger partial charge in [-0.2, -0.15) is 15.2 Å². The molecule has 0 aliphatic carbocycles. The van der Waals surface area contributed by atoms with Crippen LogP contribution < -0.4 is 4.72 Å². The molecule has 6 heteroatoms. The quantitative estimate of drug-likeness (QED) is 0.885. The largest absolute Gasteiger partial charge is 0.217 e. The number of nitriles is 2. The summed E-state index contributed by atoms with van der Waals surface area (Å²) in [6, 6.07) is 10.4. The van der Waals surface area contributed by atoms with E-state index in [0.717, 1.165) is 0 Å². The fourth-order valence-electron chi connectivity index (χ4n) is 1.51. The number of hydrogen-bond acceptors (Lipinski definition) is 4. The number of nitrogens with one attached hydrogen (secondary N) is 1. The normalized spacial score (nSPS) is 14.1. The summed E-state index contributed by atoms with van der Waals surface area (Å²) in [5.74, 6) is -0.312. The standard InChI is InChI=1S/C13H15N3O2S/c1-3-13(2,10-15)16-19(17,18)9-12-7-5-4-6-11(12)8-14/h4-7,16H,3,9H2,1-2H3. The maximum absolute atomic E-state index is 12.0.